The molecule has 5 N–H and O–H groups in total. The molecule has 3 nitrogen and oxygen atoms in total. The van der Waals surface area contributed by atoms with Crippen LogP contribution < -0.4 is 17.2 Å². The highest BCUT2D eigenvalue weighted by atomic mass is 14.7. The molecule has 0 unspecified atom stereocenters. The van der Waals surface area contributed by atoms with Crippen molar-refractivity contribution in [3.8, 4) is 0 Å². The second-order valence-electron chi connectivity index (χ2n) is 2.83. The normalized spacial score (nSPS) is 10.0. The molecule has 57 valence electrons. The van der Waals surface area contributed by atoms with E-state index in [-0.39, 0.29) is 5.54 Å². The van der Waals surface area contributed by atoms with Crippen LogP contribution in [0.1, 0.15) is 20.8 Å². The molecule has 3 heteroatoms. The van der Waals surface area contributed by atoms with Crippen LogP contribution in [-0.4, -0.2) is 18.6 Å². The molecule has 0 aliphatic carbocycles. The molecular formula is C6H18N3. The first-order valence-corrected chi connectivity index (χ1v) is 3.07. The number of rotatable bonds is 1. The fourth-order valence-electron chi connectivity index (χ4n) is 0. The Kier molecular flexibility index (Phi) is 7.77. The molecule has 0 heterocycles. The molecule has 0 aromatic carbocycles. The van der Waals surface area contributed by atoms with Gasteiger partial charge in [0.1, 0.15) is 0 Å². The van der Waals surface area contributed by atoms with Gasteiger partial charge < -0.3 is 11.5 Å². The number of hydrogen-bond donors (Lipinski definition) is 2. The van der Waals surface area contributed by atoms with Crippen LogP contribution in [0.4, 0.5) is 0 Å². The Morgan fingerprint density at radius 3 is 1.22 bits per heavy atom. The average molecular weight is 132 g/mol. The van der Waals surface area contributed by atoms with E-state index in [1.54, 1.807) is 0 Å². The van der Waals surface area contributed by atoms with Crippen molar-refractivity contribution in [3.63, 3.8) is 0 Å². The third kappa shape index (κ3) is 352. The van der Waals surface area contributed by atoms with E-state index in [2.05, 4.69) is 0 Å². The van der Waals surface area contributed by atoms with Crippen molar-refractivity contribution in [2.75, 3.05) is 13.1 Å². The summed E-state index contributed by atoms with van der Waals surface area (Å²) in [6.45, 7) is 6.76. The van der Waals surface area contributed by atoms with Crippen molar-refractivity contribution in [2.24, 2.45) is 11.5 Å². The maximum absolute atomic E-state index is 6.94. The minimum Gasteiger partial charge on any atom is -0.329 e. The fraction of sp³-hybridized carbons (Fsp3) is 1.00. The molecule has 0 aromatic rings. The van der Waals surface area contributed by atoms with Gasteiger partial charge in [-0.15, -0.1) is 0 Å². The third-order valence-electron chi connectivity index (χ3n) is 0.167. The molecule has 0 saturated carbocycles. The molecule has 9 heavy (non-hydrogen) atoms. The molecule has 0 rings (SSSR count). The zero-order valence-electron chi connectivity index (χ0n) is 6.57. The fourth-order valence-corrected chi connectivity index (χ4v) is 0. The third-order valence-corrected chi connectivity index (χ3v) is 0.167. The van der Waals surface area contributed by atoms with Gasteiger partial charge in [-0.05, 0) is 20.8 Å². The Balaban J connectivity index is 0. The summed E-state index contributed by atoms with van der Waals surface area (Å²) < 4.78 is 0. The van der Waals surface area contributed by atoms with Gasteiger partial charge in [0.15, 0.2) is 0 Å². The Morgan fingerprint density at radius 2 is 1.22 bits per heavy atom. The van der Waals surface area contributed by atoms with Crippen LogP contribution in [0.3, 0.4) is 0 Å². The summed E-state index contributed by atoms with van der Waals surface area (Å²) in [6.07, 6.45) is 0. The molecule has 0 aliphatic rings. The second kappa shape index (κ2) is 6.01. The summed E-state index contributed by atoms with van der Waals surface area (Å²) in [6, 6.07) is 0. The SMILES string of the molecule is CC(C)(C)[NH].NCCN. The van der Waals surface area contributed by atoms with Crippen LogP contribution in [0.2, 0.25) is 0 Å². The Morgan fingerprint density at radius 1 is 1.11 bits per heavy atom. The Labute approximate surface area is 57.6 Å². The quantitative estimate of drug-likeness (QED) is 0.525. The van der Waals surface area contributed by atoms with E-state index >= 15 is 0 Å². The first-order chi connectivity index (χ1) is 3.91. The predicted molar refractivity (Wildman–Crippen MR) is 41.0 cm³/mol. The summed E-state index contributed by atoms with van der Waals surface area (Å²) in [5, 5.41) is 0. The molecule has 1 radical (unpaired) electrons. The molecule has 0 saturated heterocycles. The molecule has 0 aromatic heterocycles. The summed E-state index contributed by atoms with van der Waals surface area (Å²) >= 11 is 0. The molecule has 0 fully saturated rings. The topological polar surface area (TPSA) is 75.8 Å². The number of nitrogens with two attached hydrogens (primary N) is 2. The van der Waals surface area contributed by atoms with Crippen molar-refractivity contribution in [2.45, 2.75) is 26.3 Å². The van der Waals surface area contributed by atoms with Crippen molar-refractivity contribution >= 4 is 0 Å². The highest BCUT2D eigenvalue weighted by Crippen LogP contribution is 1.91. The zero-order chi connectivity index (χ0) is 7.91. The van der Waals surface area contributed by atoms with Crippen molar-refractivity contribution in [1.29, 1.82) is 0 Å². The maximum Gasteiger partial charge on any atom is 0.0239 e. The maximum atomic E-state index is 6.94. The lowest BCUT2D eigenvalue weighted by molar-refractivity contribution is 0.558. The lowest BCUT2D eigenvalue weighted by atomic mass is 10.1. The first kappa shape index (κ1) is 11.6. The first-order valence-electron chi connectivity index (χ1n) is 3.07. The van der Waals surface area contributed by atoms with Crippen LogP contribution in [0.25, 0.3) is 0 Å². The van der Waals surface area contributed by atoms with Gasteiger partial charge in [-0.25, -0.2) is 0 Å². The minimum absolute atomic E-state index is 0.250. The Hall–Kier alpha value is -0.120. The van der Waals surface area contributed by atoms with Gasteiger partial charge in [0.2, 0.25) is 0 Å². The standard InChI is InChI=1S/C4H10N.C2H8N2/c1-4(2,3)5;3-1-2-4/h5H,1-3H3;1-4H2. The molecule has 0 atom stereocenters. The van der Waals surface area contributed by atoms with E-state index < -0.39 is 0 Å². The second-order valence-corrected chi connectivity index (χ2v) is 2.83. The van der Waals surface area contributed by atoms with Gasteiger partial charge in [0.05, 0.1) is 0 Å². The monoisotopic (exact) mass is 132 g/mol. The van der Waals surface area contributed by atoms with E-state index in [1.807, 2.05) is 20.8 Å². The molecular weight excluding hydrogens is 114 g/mol. The Bertz CT molecular complexity index is 38.8. The lowest BCUT2D eigenvalue weighted by Gasteiger charge is -2.04. The summed E-state index contributed by atoms with van der Waals surface area (Å²) in [4.78, 5) is 0. The van der Waals surface area contributed by atoms with E-state index in [4.69, 9.17) is 17.2 Å². The predicted octanol–water partition coefficient (Wildman–Crippen LogP) is -0.0284. The van der Waals surface area contributed by atoms with Gasteiger partial charge in [0, 0.05) is 18.6 Å². The minimum atomic E-state index is -0.250. The van der Waals surface area contributed by atoms with Crippen LogP contribution in [-0.2, 0) is 0 Å². The van der Waals surface area contributed by atoms with Gasteiger partial charge in [-0.3, -0.25) is 5.73 Å². The number of nitrogens with one attached hydrogen (secondary N) is 1. The lowest BCUT2D eigenvalue weighted by Crippen LogP contribution is -2.13. The highest BCUT2D eigenvalue weighted by molar-refractivity contribution is 4.58. The van der Waals surface area contributed by atoms with E-state index in [0.717, 1.165) is 0 Å². The molecule has 0 aliphatic heterocycles. The van der Waals surface area contributed by atoms with Crippen LogP contribution >= 0.6 is 0 Å². The average Bonchev–Trinajstić information content (AvgIpc) is 1.61. The highest BCUT2D eigenvalue weighted by Gasteiger charge is 1.97. The van der Waals surface area contributed by atoms with Gasteiger partial charge in [-0.1, -0.05) is 0 Å². The van der Waals surface area contributed by atoms with Gasteiger partial charge >= 0.3 is 0 Å². The summed E-state index contributed by atoms with van der Waals surface area (Å²) in [7, 11) is 0. The smallest absolute Gasteiger partial charge is 0.0239 e. The van der Waals surface area contributed by atoms with Gasteiger partial charge in [0.25, 0.3) is 0 Å². The summed E-state index contributed by atoms with van der Waals surface area (Å²) in [5.74, 6) is 0. The van der Waals surface area contributed by atoms with E-state index in [0.29, 0.717) is 13.1 Å². The molecule has 0 amide bonds. The van der Waals surface area contributed by atoms with Crippen molar-refractivity contribution < 1.29 is 0 Å². The van der Waals surface area contributed by atoms with Crippen LogP contribution in [0.5, 0.6) is 0 Å². The summed E-state index contributed by atoms with van der Waals surface area (Å²) in [5.41, 5.74) is 16.5. The molecule has 0 bridgehead atoms. The largest absolute Gasteiger partial charge is 0.329 e. The van der Waals surface area contributed by atoms with Crippen LogP contribution in [0, 0.1) is 0 Å². The number of hydrogen-bond acceptors (Lipinski definition) is 2. The van der Waals surface area contributed by atoms with E-state index in [9.17, 15) is 0 Å². The zero-order valence-corrected chi connectivity index (χ0v) is 6.57. The van der Waals surface area contributed by atoms with Gasteiger partial charge in [-0.2, -0.15) is 0 Å². The van der Waals surface area contributed by atoms with Crippen molar-refractivity contribution in [1.82, 2.24) is 5.73 Å². The van der Waals surface area contributed by atoms with E-state index in [1.165, 1.54) is 0 Å². The molecule has 0 spiro atoms. The van der Waals surface area contributed by atoms with Crippen LogP contribution in [0.15, 0.2) is 0 Å². The van der Waals surface area contributed by atoms with Crippen molar-refractivity contribution in [3.05, 3.63) is 0 Å².